The fraction of sp³-hybridized carbons (Fsp3) is 0.158. The van der Waals surface area contributed by atoms with Gasteiger partial charge in [0.15, 0.2) is 5.11 Å². The molecule has 1 aromatic heterocycles. The summed E-state index contributed by atoms with van der Waals surface area (Å²) in [4.78, 5) is 12.3. The maximum atomic E-state index is 12.0. The van der Waals surface area contributed by atoms with Crippen LogP contribution in [0, 0.1) is 0 Å². The summed E-state index contributed by atoms with van der Waals surface area (Å²) < 4.78 is 32.0. The van der Waals surface area contributed by atoms with E-state index in [1.807, 2.05) is 6.07 Å². The highest BCUT2D eigenvalue weighted by atomic mass is 35.5. The van der Waals surface area contributed by atoms with Gasteiger partial charge in [0.2, 0.25) is 10.0 Å². The number of sulfonamides is 1. The molecule has 0 aliphatic carbocycles. The van der Waals surface area contributed by atoms with Crippen LogP contribution in [0.5, 0.6) is 0 Å². The molecule has 0 bridgehead atoms. The van der Waals surface area contributed by atoms with Gasteiger partial charge in [-0.05, 0) is 54.7 Å². The van der Waals surface area contributed by atoms with E-state index in [2.05, 4.69) is 15.4 Å². The Hall–Kier alpha value is -2.24. The quantitative estimate of drug-likeness (QED) is 0.352. The third-order valence-electron chi connectivity index (χ3n) is 4.01. The average Bonchev–Trinajstić information content (AvgIpc) is 3.03. The number of esters is 1. The lowest BCUT2D eigenvalue weighted by Crippen LogP contribution is -2.23. The number of thiocarbonyl (C=S) groups is 1. The zero-order valence-electron chi connectivity index (χ0n) is 16.0. The second-order valence-electron chi connectivity index (χ2n) is 6.05. The van der Waals surface area contributed by atoms with Crippen molar-refractivity contribution >= 4 is 77.7 Å². The third kappa shape index (κ3) is 4.90. The number of ether oxygens (including phenoxy) is 1. The number of anilines is 2. The number of hydrogen-bond donors (Lipinski definition) is 3. The molecule has 158 valence electrons. The molecule has 0 saturated carbocycles. The van der Waals surface area contributed by atoms with Gasteiger partial charge in [-0.25, -0.2) is 17.9 Å². The summed E-state index contributed by atoms with van der Waals surface area (Å²) in [5, 5.41) is 7.50. The number of benzene rings is 2. The van der Waals surface area contributed by atoms with E-state index in [0.29, 0.717) is 32.9 Å². The molecular weight excluding hydrogens is 466 g/mol. The molecule has 11 heteroatoms. The van der Waals surface area contributed by atoms with Gasteiger partial charge >= 0.3 is 5.97 Å². The Morgan fingerprint density at radius 3 is 2.40 bits per heavy atom. The molecule has 0 aliphatic heterocycles. The molecule has 3 N–H and O–H groups in total. The first kappa shape index (κ1) is 22.4. The van der Waals surface area contributed by atoms with Gasteiger partial charge in [0, 0.05) is 28.0 Å². The largest absolute Gasteiger partial charge is 0.465 e. The van der Waals surface area contributed by atoms with Crippen molar-refractivity contribution in [1.82, 2.24) is 4.72 Å². The topological polar surface area (TPSA) is 96.5 Å². The van der Waals surface area contributed by atoms with Crippen LogP contribution in [0.3, 0.4) is 0 Å². The van der Waals surface area contributed by atoms with E-state index < -0.39 is 16.0 Å². The fourth-order valence-electron chi connectivity index (χ4n) is 2.65. The second kappa shape index (κ2) is 9.27. The van der Waals surface area contributed by atoms with Crippen molar-refractivity contribution < 1.29 is 17.9 Å². The minimum atomic E-state index is -3.50. The first-order valence-corrected chi connectivity index (χ1v) is 11.8. The van der Waals surface area contributed by atoms with Crippen molar-refractivity contribution in [2.45, 2.75) is 11.8 Å². The van der Waals surface area contributed by atoms with E-state index in [9.17, 15) is 13.2 Å². The molecule has 30 heavy (non-hydrogen) atoms. The number of hydrogen-bond acceptors (Lipinski definition) is 6. The Bertz CT molecular complexity index is 1210. The van der Waals surface area contributed by atoms with Crippen LogP contribution < -0.4 is 15.4 Å². The van der Waals surface area contributed by atoms with Gasteiger partial charge in [-0.3, -0.25) is 0 Å². The standard InChI is InChI=1S/C19H18ClN3O4S3/c1-3-21-30(25,26)13-7-4-11(5-8-13)22-19(28)23-12-6-9-14-15(10-12)29-17(16(14)20)18(24)27-2/h4-10,21H,3H2,1-2H3,(H2,22,23,28). The van der Waals surface area contributed by atoms with Crippen molar-refractivity contribution in [3.05, 3.63) is 52.4 Å². The number of rotatable bonds is 6. The molecule has 3 rings (SSSR count). The molecule has 1 heterocycles. The van der Waals surface area contributed by atoms with Crippen LogP contribution in [0.1, 0.15) is 16.6 Å². The Balaban J connectivity index is 1.71. The van der Waals surface area contributed by atoms with Crippen LogP contribution in [0.15, 0.2) is 47.4 Å². The molecule has 0 saturated heterocycles. The maximum absolute atomic E-state index is 12.0. The van der Waals surface area contributed by atoms with Gasteiger partial charge in [-0.1, -0.05) is 18.5 Å². The van der Waals surface area contributed by atoms with E-state index in [-0.39, 0.29) is 4.90 Å². The summed E-state index contributed by atoms with van der Waals surface area (Å²) in [6, 6.07) is 11.7. The van der Waals surface area contributed by atoms with Crippen LogP contribution >= 0.6 is 35.2 Å². The van der Waals surface area contributed by atoms with E-state index in [0.717, 1.165) is 10.1 Å². The summed E-state index contributed by atoms with van der Waals surface area (Å²) in [6.45, 7) is 2.03. The lowest BCUT2D eigenvalue weighted by atomic mass is 10.2. The lowest BCUT2D eigenvalue weighted by molar-refractivity contribution is 0.0606. The number of halogens is 1. The van der Waals surface area contributed by atoms with Crippen LogP contribution in [-0.2, 0) is 14.8 Å². The average molecular weight is 484 g/mol. The molecular formula is C19H18ClN3O4S3. The first-order valence-electron chi connectivity index (χ1n) is 8.73. The van der Waals surface area contributed by atoms with Crippen molar-refractivity contribution in [3.63, 3.8) is 0 Å². The number of methoxy groups -OCH3 is 1. The van der Waals surface area contributed by atoms with E-state index in [4.69, 9.17) is 28.6 Å². The molecule has 0 aliphatic rings. The van der Waals surface area contributed by atoms with Crippen molar-refractivity contribution in [2.24, 2.45) is 0 Å². The Labute approximate surface area is 188 Å². The highest BCUT2D eigenvalue weighted by Crippen LogP contribution is 2.37. The Morgan fingerprint density at radius 1 is 1.13 bits per heavy atom. The van der Waals surface area contributed by atoms with Crippen LogP contribution in [-0.4, -0.2) is 33.2 Å². The number of fused-ring (bicyclic) bond motifs is 1. The lowest BCUT2D eigenvalue weighted by Gasteiger charge is -2.11. The minimum absolute atomic E-state index is 0.176. The van der Waals surface area contributed by atoms with Gasteiger partial charge in [-0.15, -0.1) is 11.3 Å². The van der Waals surface area contributed by atoms with Gasteiger partial charge in [0.05, 0.1) is 17.0 Å². The molecule has 0 fully saturated rings. The highest BCUT2D eigenvalue weighted by molar-refractivity contribution is 7.89. The Morgan fingerprint density at radius 2 is 1.77 bits per heavy atom. The molecule has 3 aromatic rings. The zero-order valence-corrected chi connectivity index (χ0v) is 19.2. The van der Waals surface area contributed by atoms with Crippen molar-refractivity contribution in [3.8, 4) is 0 Å². The number of carbonyl (C=O) groups excluding carboxylic acids is 1. The minimum Gasteiger partial charge on any atom is -0.465 e. The smallest absolute Gasteiger partial charge is 0.349 e. The predicted molar refractivity (Wildman–Crippen MR) is 125 cm³/mol. The number of nitrogens with one attached hydrogen (secondary N) is 3. The fourth-order valence-corrected chi connectivity index (χ4v) is 5.39. The SMILES string of the molecule is CCNS(=O)(=O)c1ccc(NC(=S)Nc2ccc3c(Cl)c(C(=O)OC)sc3c2)cc1. The second-order valence-corrected chi connectivity index (χ2v) is 9.66. The highest BCUT2D eigenvalue weighted by Gasteiger charge is 2.18. The number of carbonyl (C=O) groups is 1. The van der Waals surface area contributed by atoms with Crippen LogP contribution in [0.4, 0.5) is 11.4 Å². The summed E-state index contributed by atoms with van der Waals surface area (Å²) in [7, 11) is -2.20. The molecule has 2 aromatic carbocycles. The summed E-state index contributed by atoms with van der Waals surface area (Å²) in [5.41, 5.74) is 1.34. The molecule has 0 radical (unpaired) electrons. The molecule has 0 unspecified atom stereocenters. The summed E-state index contributed by atoms with van der Waals surface area (Å²) >= 11 is 12.8. The molecule has 7 nitrogen and oxygen atoms in total. The van der Waals surface area contributed by atoms with Crippen LogP contribution in [0.25, 0.3) is 10.1 Å². The molecule has 0 spiro atoms. The maximum Gasteiger partial charge on any atom is 0.349 e. The van der Waals surface area contributed by atoms with E-state index in [1.54, 1.807) is 31.2 Å². The van der Waals surface area contributed by atoms with Crippen LogP contribution in [0.2, 0.25) is 5.02 Å². The monoisotopic (exact) mass is 483 g/mol. The van der Waals surface area contributed by atoms with E-state index in [1.165, 1.54) is 30.6 Å². The van der Waals surface area contributed by atoms with Crippen molar-refractivity contribution in [1.29, 1.82) is 0 Å². The summed E-state index contributed by atoms with van der Waals surface area (Å²) in [5.74, 6) is -0.479. The Kier molecular flexibility index (Phi) is 6.94. The summed E-state index contributed by atoms with van der Waals surface area (Å²) in [6.07, 6.45) is 0. The normalized spacial score (nSPS) is 11.3. The van der Waals surface area contributed by atoms with Gasteiger partial charge in [0.1, 0.15) is 4.88 Å². The van der Waals surface area contributed by atoms with Gasteiger partial charge in [0.25, 0.3) is 0 Å². The van der Waals surface area contributed by atoms with Gasteiger partial charge < -0.3 is 15.4 Å². The van der Waals surface area contributed by atoms with Crippen molar-refractivity contribution in [2.75, 3.05) is 24.3 Å². The molecule has 0 amide bonds. The zero-order chi connectivity index (χ0) is 21.9. The first-order chi connectivity index (χ1) is 14.2. The number of thiophene rings is 1. The third-order valence-corrected chi connectivity index (χ3v) is 7.42. The van der Waals surface area contributed by atoms with E-state index >= 15 is 0 Å². The molecule has 0 atom stereocenters. The predicted octanol–water partition coefficient (Wildman–Crippen LogP) is 4.45. The van der Waals surface area contributed by atoms with Gasteiger partial charge in [-0.2, -0.15) is 0 Å².